The average molecular weight is 584 g/mol. The van der Waals surface area contributed by atoms with Gasteiger partial charge in [0.2, 0.25) is 5.91 Å². The van der Waals surface area contributed by atoms with E-state index in [0.29, 0.717) is 18.2 Å². The van der Waals surface area contributed by atoms with E-state index in [1.807, 2.05) is 0 Å². The van der Waals surface area contributed by atoms with Gasteiger partial charge in [-0.3, -0.25) is 9.69 Å². The molecule has 0 bridgehead atoms. The summed E-state index contributed by atoms with van der Waals surface area (Å²) in [6, 6.07) is 1.31. The molecular weight excluding hydrogens is 559 g/mol. The van der Waals surface area contributed by atoms with E-state index in [4.69, 9.17) is 4.74 Å². The Morgan fingerprint density at radius 2 is 1.43 bits per heavy atom. The maximum Gasteiger partial charge on any atom is 0.416 e. The SMILES string of the molecule is CC(=O)N(Cc1cc(C(F)(F)F)cc(C(F)(F)F)c1)[C@H]1C[C@@H](C)N(C(=O)OC(C)C)c2ccc(C(F)(F)F)cc21. The number of anilines is 1. The first-order chi connectivity index (χ1) is 18.2. The van der Waals surface area contributed by atoms with E-state index in [9.17, 15) is 49.1 Å². The third-order valence-corrected chi connectivity index (χ3v) is 6.29. The second-order valence-electron chi connectivity index (χ2n) is 9.74. The minimum absolute atomic E-state index is 0.0336. The molecular formula is C26H25F9N2O3. The van der Waals surface area contributed by atoms with Gasteiger partial charge in [-0.1, -0.05) is 0 Å². The molecule has 2 aromatic carbocycles. The summed E-state index contributed by atoms with van der Waals surface area (Å²) in [4.78, 5) is 27.5. The monoisotopic (exact) mass is 584 g/mol. The van der Waals surface area contributed by atoms with Crippen molar-refractivity contribution in [3.8, 4) is 0 Å². The van der Waals surface area contributed by atoms with E-state index >= 15 is 0 Å². The molecule has 0 spiro atoms. The lowest BCUT2D eigenvalue weighted by Crippen LogP contribution is -2.48. The molecule has 14 heteroatoms. The van der Waals surface area contributed by atoms with Crippen LogP contribution in [0.4, 0.5) is 50.0 Å². The van der Waals surface area contributed by atoms with Gasteiger partial charge in [0.15, 0.2) is 0 Å². The molecule has 220 valence electrons. The molecule has 1 aliphatic rings. The van der Waals surface area contributed by atoms with Crippen LogP contribution in [-0.4, -0.2) is 29.0 Å². The van der Waals surface area contributed by atoms with Crippen molar-refractivity contribution in [3.63, 3.8) is 0 Å². The number of hydrogen-bond acceptors (Lipinski definition) is 3. The molecule has 2 atom stereocenters. The largest absolute Gasteiger partial charge is 0.446 e. The Hall–Kier alpha value is -3.45. The number of benzene rings is 2. The van der Waals surface area contributed by atoms with Gasteiger partial charge in [0.1, 0.15) is 0 Å². The third kappa shape index (κ3) is 6.81. The highest BCUT2D eigenvalue weighted by atomic mass is 19.4. The Morgan fingerprint density at radius 3 is 1.88 bits per heavy atom. The predicted octanol–water partition coefficient (Wildman–Crippen LogP) is 7.98. The molecule has 1 heterocycles. The van der Waals surface area contributed by atoms with Gasteiger partial charge >= 0.3 is 24.6 Å². The predicted molar refractivity (Wildman–Crippen MR) is 125 cm³/mol. The summed E-state index contributed by atoms with van der Waals surface area (Å²) >= 11 is 0. The molecule has 0 fully saturated rings. The van der Waals surface area contributed by atoms with Crippen molar-refractivity contribution in [2.45, 2.75) is 77.4 Å². The lowest BCUT2D eigenvalue weighted by molar-refractivity contribution is -0.143. The Kier molecular flexibility index (Phi) is 8.43. The number of fused-ring (bicyclic) bond motifs is 1. The molecule has 0 saturated heterocycles. The molecule has 2 amide bonds. The van der Waals surface area contributed by atoms with Crippen molar-refractivity contribution in [2.24, 2.45) is 0 Å². The topological polar surface area (TPSA) is 49.9 Å². The fraction of sp³-hybridized carbons (Fsp3) is 0.462. The van der Waals surface area contributed by atoms with Gasteiger partial charge in [0.05, 0.1) is 34.5 Å². The lowest BCUT2D eigenvalue weighted by atomic mass is 9.89. The van der Waals surface area contributed by atoms with E-state index < -0.39 is 77.5 Å². The average Bonchev–Trinajstić information content (AvgIpc) is 2.79. The first-order valence-corrected chi connectivity index (χ1v) is 12.0. The summed E-state index contributed by atoms with van der Waals surface area (Å²) in [6.07, 6.45) is -16.7. The van der Waals surface area contributed by atoms with E-state index in [1.54, 1.807) is 13.8 Å². The van der Waals surface area contributed by atoms with Crippen molar-refractivity contribution >= 4 is 17.7 Å². The van der Waals surface area contributed by atoms with Crippen LogP contribution in [0.5, 0.6) is 0 Å². The fourth-order valence-electron chi connectivity index (χ4n) is 4.59. The van der Waals surface area contributed by atoms with E-state index in [-0.39, 0.29) is 23.7 Å². The first-order valence-electron chi connectivity index (χ1n) is 12.0. The summed E-state index contributed by atoms with van der Waals surface area (Å²) in [5.41, 5.74) is -5.04. The molecule has 0 unspecified atom stereocenters. The van der Waals surface area contributed by atoms with Crippen molar-refractivity contribution < 1.29 is 53.8 Å². The molecule has 40 heavy (non-hydrogen) atoms. The van der Waals surface area contributed by atoms with Gasteiger partial charge in [0.25, 0.3) is 0 Å². The number of carbonyl (C=O) groups is 2. The van der Waals surface area contributed by atoms with Crippen LogP contribution >= 0.6 is 0 Å². The van der Waals surface area contributed by atoms with E-state index in [0.717, 1.165) is 28.9 Å². The Bertz CT molecular complexity index is 1240. The number of rotatable bonds is 4. The summed E-state index contributed by atoms with van der Waals surface area (Å²) in [7, 11) is 0. The number of hydrogen-bond donors (Lipinski definition) is 0. The molecule has 0 N–H and O–H groups in total. The second kappa shape index (κ2) is 10.8. The molecule has 3 rings (SSSR count). The zero-order valence-electron chi connectivity index (χ0n) is 21.6. The molecule has 2 aromatic rings. The van der Waals surface area contributed by atoms with Crippen LogP contribution in [0.2, 0.25) is 0 Å². The second-order valence-corrected chi connectivity index (χ2v) is 9.74. The van der Waals surface area contributed by atoms with Crippen LogP contribution in [-0.2, 0) is 34.6 Å². The molecule has 0 radical (unpaired) electrons. The van der Waals surface area contributed by atoms with E-state index in [1.165, 1.54) is 6.92 Å². The van der Waals surface area contributed by atoms with Gasteiger partial charge in [0, 0.05) is 19.5 Å². The molecule has 0 saturated carbocycles. The van der Waals surface area contributed by atoms with Crippen molar-refractivity contribution in [1.29, 1.82) is 0 Å². The maximum absolute atomic E-state index is 13.6. The highest BCUT2D eigenvalue weighted by molar-refractivity contribution is 5.90. The zero-order chi connectivity index (χ0) is 30.4. The standard InChI is InChI=1S/C26H25F9N2O3/c1-13(2)40-23(39)37-14(3)7-22(20-11-17(24(27,28)29)5-6-21(20)37)36(15(4)38)12-16-8-18(25(30,31)32)10-19(9-16)26(33,34)35/h5-6,8-11,13-14,22H,7,12H2,1-4H3/t14-,22+/m1/s1. The van der Waals surface area contributed by atoms with Gasteiger partial charge in [-0.2, -0.15) is 39.5 Å². The van der Waals surface area contributed by atoms with Gasteiger partial charge in [-0.25, -0.2) is 4.79 Å². The third-order valence-electron chi connectivity index (χ3n) is 6.29. The number of amides is 2. The smallest absolute Gasteiger partial charge is 0.416 e. The first kappa shape index (κ1) is 31.1. The normalized spacial score (nSPS) is 18.0. The van der Waals surface area contributed by atoms with Crippen LogP contribution in [0.15, 0.2) is 36.4 Å². The fourth-order valence-corrected chi connectivity index (χ4v) is 4.59. The summed E-state index contributed by atoms with van der Waals surface area (Å²) in [5, 5.41) is 0. The van der Waals surface area contributed by atoms with Gasteiger partial charge < -0.3 is 9.64 Å². The van der Waals surface area contributed by atoms with Crippen LogP contribution in [0.3, 0.4) is 0 Å². The zero-order valence-corrected chi connectivity index (χ0v) is 21.6. The number of alkyl halides is 9. The lowest BCUT2D eigenvalue weighted by Gasteiger charge is -2.43. The quantitative estimate of drug-likeness (QED) is 0.343. The molecule has 0 aliphatic carbocycles. The summed E-state index contributed by atoms with van der Waals surface area (Å²) in [6.45, 7) is 4.87. The molecule has 5 nitrogen and oxygen atoms in total. The van der Waals surface area contributed by atoms with Crippen molar-refractivity contribution in [1.82, 2.24) is 4.90 Å². The molecule has 1 aliphatic heterocycles. The van der Waals surface area contributed by atoms with Crippen molar-refractivity contribution in [3.05, 3.63) is 64.2 Å². The number of carbonyl (C=O) groups excluding carboxylic acids is 2. The van der Waals surface area contributed by atoms with Crippen LogP contribution in [0.1, 0.15) is 68.0 Å². The Balaban J connectivity index is 2.17. The Labute approximate surface area is 223 Å². The van der Waals surface area contributed by atoms with Gasteiger partial charge in [-0.15, -0.1) is 0 Å². The van der Waals surface area contributed by atoms with Gasteiger partial charge in [-0.05, 0) is 74.7 Å². The van der Waals surface area contributed by atoms with Crippen LogP contribution in [0, 0.1) is 0 Å². The summed E-state index contributed by atoms with van der Waals surface area (Å²) in [5.74, 6) is -0.815. The maximum atomic E-state index is 13.6. The minimum Gasteiger partial charge on any atom is -0.446 e. The van der Waals surface area contributed by atoms with Crippen molar-refractivity contribution in [2.75, 3.05) is 4.90 Å². The van der Waals surface area contributed by atoms with Crippen LogP contribution < -0.4 is 4.90 Å². The number of ether oxygens (including phenoxy) is 1. The number of halogens is 9. The number of nitrogens with zero attached hydrogens (tertiary/aromatic N) is 2. The summed E-state index contributed by atoms with van der Waals surface area (Å²) < 4.78 is 126. The minimum atomic E-state index is -5.14. The highest BCUT2D eigenvalue weighted by Gasteiger charge is 2.42. The molecule has 0 aromatic heterocycles. The Morgan fingerprint density at radius 1 is 0.900 bits per heavy atom. The van der Waals surface area contributed by atoms with E-state index in [2.05, 4.69) is 0 Å². The van der Waals surface area contributed by atoms with Crippen LogP contribution in [0.25, 0.3) is 0 Å². The highest BCUT2D eigenvalue weighted by Crippen LogP contribution is 2.45.